The van der Waals surface area contributed by atoms with Crippen LogP contribution < -0.4 is 10.2 Å². The largest absolute Gasteiger partial charge is 0.361 e. The zero-order valence-electron chi connectivity index (χ0n) is 15.9. The zero-order chi connectivity index (χ0) is 20.1. The van der Waals surface area contributed by atoms with Gasteiger partial charge in [0.2, 0.25) is 0 Å². The van der Waals surface area contributed by atoms with E-state index in [2.05, 4.69) is 15.5 Å². The molecule has 8 nitrogen and oxygen atoms in total. The van der Waals surface area contributed by atoms with Gasteiger partial charge in [-0.15, -0.1) is 10.2 Å². The van der Waals surface area contributed by atoms with Gasteiger partial charge < -0.3 is 20.0 Å². The van der Waals surface area contributed by atoms with Gasteiger partial charge in [0.05, 0.1) is 0 Å². The first-order valence-corrected chi connectivity index (χ1v) is 9.43. The second-order valence-electron chi connectivity index (χ2n) is 6.74. The van der Waals surface area contributed by atoms with Crippen LogP contribution in [0.25, 0.3) is 0 Å². The van der Waals surface area contributed by atoms with Crippen molar-refractivity contribution < 1.29 is 9.59 Å². The summed E-state index contributed by atoms with van der Waals surface area (Å²) in [5.41, 5.74) is 0.993. The van der Waals surface area contributed by atoms with Crippen molar-refractivity contribution in [1.29, 1.82) is 0 Å². The third-order valence-electron chi connectivity index (χ3n) is 4.49. The summed E-state index contributed by atoms with van der Waals surface area (Å²) < 4.78 is 0. The Balaban J connectivity index is 1.58. The fourth-order valence-corrected chi connectivity index (χ4v) is 3.03. The van der Waals surface area contributed by atoms with Crippen LogP contribution in [-0.4, -0.2) is 72.2 Å². The fourth-order valence-electron chi connectivity index (χ4n) is 2.90. The molecule has 0 spiro atoms. The van der Waals surface area contributed by atoms with E-state index in [-0.39, 0.29) is 11.9 Å². The standard InChI is InChI=1S/C19H23ClN6O2/c1-24(2)17-9-8-16(22-23-17)18(27)25-10-3-11-26(13-12-25)19(28)21-15-6-4-14(20)5-7-15/h4-9H,3,10-13H2,1-2H3,(H,21,28). The third kappa shape index (κ3) is 4.89. The summed E-state index contributed by atoms with van der Waals surface area (Å²) >= 11 is 5.87. The van der Waals surface area contributed by atoms with E-state index < -0.39 is 0 Å². The van der Waals surface area contributed by atoms with Crippen molar-refractivity contribution in [3.63, 3.8) is 0 Å². The van der Waals surface area contributed by atoms with E-state index in [9.17, 15) is 9.59 Å². The van der Waals surface area contributed by atoms with Gasteiger partial charge in [-0.1, -0.05) is 11.6 Å². The summed E-state index contributed by atoms with van der Waals surface area (Å²) in [6, 6.07) is 10.2. The molecule has 1 aromatic carbocycles. The summed E-state index contributed by atoms with van der Waals surface area (Å²) in [7, 11) is 3.73. The Morgan fingerprint density at radius 3 is 2.29 bits per heavy atom. The van der Waals surface area contributed by atoms with Crippen LogP contribution in [0.4, 0.5) is 16.3 Å². The van der Waals surface area contributed by atoms with Crippen LogP contribution >= 0.6 is 11.6 Å². The van der Waals surface area contributed by atoms with Crippen LogP contribution in [0.15, 0.2) is 36.4 Å². The summed E-state index contributed by atoms with van der Waals surface area (Å²) in [6.07, 6.45) is 0.697. The van der Waals surface area contributed by atoms with Gasteiger partial charge in [-0.3, -0.25) is 4.79 Å². The zero-order valence-corrected chi connectivity index (χ0v) is 16.7. The van der Waals surface area contributed by atoms with Crippen molar-refractivity contribution in [2.45, 2.75) is 6.42 Å². The summed E-state index contributed by atoms with van der Waals surface area (Å²) in [5, 5.41) is 11.6. The van der Waals surface area contributed by atoms with Crippen molar-refractivity contribution in [3.8, 4) is 0 Å². The summed E-state index contributed by atoms with van der Waals surface area (Å²) in [6.45, 7) is 2.05. The van der Waals surface area contributed by atoms with Gasteiger partial charge in [0, 0.05) is 51.0 Å². The highest BCUT2D eigenvalue weighted by atomic mass is 35.5. The fraction of sp³-hybridized carbons (Fsp3) is 0.368. The number of urea groups is 1. The number of nitrogens with one attached hydrogen (secondary N) is 1. The van der Waals surface area contributed by atoms with Crippen molar-refractivity contribution in [3.05, 3.63) is 47.1 Å². The normalized spacial score (nSPS) is 14.4. The summed E-state index contributed by atoms with van der Waals surface area (Å²) in [4.78, 5) is 30.5. The predicted octanol–water partition coefficient (Wildman–Crippen LogP) is 2.58. The Bertz CT molecular complexity index is 825. The Labute approximate surface area is 169 Å². The molecule has 28 heavy (non-hydrogen) atoms. The molecule has 1 aliphatic rings. The van der Waals surface area contributed by atoms with Gasteiger partial charge in [-0.2, -0.15) is 0 Å². The first-order chi connectivity index (χ1) is 13.4. The maximum Gasteiger partial charge on any atom is 0.321 e. The summed E-state index contributed by atoms with van der Waals surface area (Å²) in [5.74, 6) is 0.523. The van der Waals surface area contributed by atoms with Crippen molar-refractivity contribution in [2.24, 2.45) is 0 Å². The number of aromatic nitrogens is 2. The van der Waals surface area contributed by atoms with Gasteiger partial charge >= 0.3 is 6.03 Å². The lowest BCUT2D eigenvalue weighted by Gasteiger charge is -2.22. The van der Waals surface area contributed by atoms with Gasteiger partial charge in [-0.05, 0) is 42.8 Å². The van der Waals surface area contributed by atoms with Crippen LogP contribution in [0.5, 0.6) is 0 Å². The number of carbonyl (C=O) groups is 2. The van der Waals surface area contributed by atoms with E-state index in [4.69, 9.17) is 11.6 Å². The van der Waals surface area contributed by atoms with Crippen LogP contribution in [0.2, 0.25) is 5.02 Å². The molecule has 3 rings (SSSR count). The second-order valence-corrected chi connectivity index (χ2v) is 7.18. The maximum absolute atomic E-state index is 12.7. The Hall–Kier alpha value is -2.87. The smallest absolute Gasteiger partial charge is 0.321 e. The first-order valence-electron chi connectivity index (χ1n) is 9.06. The highest BCUT2D eigenvalue weighted by Gasteiger charge is 2.24. The number of carbonyl (C=O) groups excluding carboxylic acids is 2. The number of anilines is 2. The van der Waals surface area contributed by atoms with Gasteiger partial charge in [0.25, 0.3) is 5.91 Å². The molecular weight excluding hydrogens is 380 g/mol. The molecule has 1 N–H and O–H groups in total. The third-order valence-corrected chi connectivity index (χ3v) is 4.75. The molecule has 0 aliphatic carbocycles. The molecule has 0 atom stereocenters. The van der Waals surface area contributed by atoms with Crippen LogP contribution in [-0.2, 0) is 0 Å². The number of benzene rings is 1. The topological polar surface area (TPSA) is 81.7 Å². The molecule has 0 saturated carbocycles. The lowest BCUT2D eigenvalue weighted by molar-refractivity contribution is 0.0755. The highest BCUT2D eigenvalue weighted by Crippen LogP contribution is 2.15. The van der Waals surface area contributed by atoms with E-state index in [1.165, 1.54) is 0 Å². The molecule has 0 unspecified atom stereocenters. The quantitative estimate of drug-likeness (QED) is 0.853. The lowest BCUT2D eigenvalue weighted by atomic mass is 10.3. The number of nitrogens with zero attached hydrogens (tertiary/aromatic N) is 5. The van der Waals surface area contributed by atoms with E-state index >= 15 is 0 Å². The van der Waals surface area contributed by atoms with E-state index in [0.29, 0.717) is 54.8 Å². The number of halogens is 1. The number of hydrogen-bond donors (Lipinski definition) is 1. The Morgan fingerprint density at radius 2 is 1.64 bits per heavy atom. The predicted molar refractivity (Wildman–Crippen MR) is 109 cm³/mol. The Kier molecular flexibility index (Phi) is 6.30. The lowest BCUT2D eigenvalue weighted by Crippen LogP contribution is -2.39. The van der Waals surface area contributed by atoms with Gasteiger partial charge in [0.1, 0.15) is 0 Å². The molecule has 2 aromatic rings. The minimum absolute atomic E-state index is 0.169. The number of hydrogen-bond acceptors (Lipinski definition) is 5. The second kappa shape index (κ2) is 8.88. The van der Waals surface area contributed by atoms with Crippen LogP contribution in [0, 0.1) is 0 Å². The highest BCUT2D eigenvalue weighted by molar-refractivity contribution is 6.30. The molecule has 9 heteroatoms. The van der Waals surface area contributed by atoms with Crippen molar-refractivity contribution >= 4 is 35.0 Å². The maximum atomic E-state index is 12.7. The molecule has 0 radical (unpaired) electrons. The number of amides is 3. The molecule has 3 amide bonds. The molecule has 1 aliphatic heterocycles. The van der Waals surface area contributed by atoms with E-state index in [1.54, 1.807) is 46.2 Å². The van der Waals surface area contributed by atoms with Crippen LogP contribution in [0.1, 0.15) is 16.9 Å². The minimum Gasteiger partial charge on any atom is -0.361 e. The average molecular weight is 403 g/mol. The average Bonchev–Trinajstić information content (AvgIpc) is 2.95. The molecular formula is C19H23ClN6O2. The van der Waals surface area contributed by atoms with Crippen LogP contribution in [0.3, 0.4) is 0 Å². The first kappa shape index (κ1) is 19.9. The minimum atomic E-state index is -0.188. The SMILES string of the molecule is CN(C)c1ccc(C(=O)N2CCCN(C(=O)Nc3ccc(Cl)cc3)CC2)nn1. The van der Waals surface area contributed by atoms with Crippen molar-refractivity contribution in [2.75, 3.05) is 50.5 Å². The molecule has 1 aromatic heterocycles. The Morgan fingerprint density at radius 1 is 0.964 bits per heavy atom. The number of rotatable bonds is 3. The molecule has 1 saturated heterocycles. The van der Waals surface area contributed by atoms with Gasteiger partial charge in [0.15, 0.2) is 11.5 Å². The van der Waals surface area contributed by atoms with Gasteiger partial charge in [-0.25, -0.2) is 4.79 Å². The molecule has 1 fully saturated rings. The van der Waals surface area contributed by atoms with E-state index in [0.717, 1.165) is 0 Å². The molecule has 0 bridgehead atoms. The van der Waals surface area contributed by atoms with E-state index in [1.807, 2.05) is 19.0 Å². The monoisotopic (exact) mass is 402 g/mol. The van der Waals surface area contributed by atoms with Crippen molar-refractivity contribution in [1.82, 2.24) is 20.0 Å². The molecule has 148 valence electrons. The molecule has 2 heterocycles.